The third-order valence-electron chi connectivity index (χ3n) is 5.41. The van der Waals surface area contributed by atoms with Crippen molar-refractivity contribution in [3.05, 3.63) is 48.2 Å². The van der Waals surface area contributed by atoms with Gasteiger partial charge in [0.1, 0.15) is 5.75 Å². The van der Waals surface area contributed by atoms with Crippen molar-refractivity contribution in [3.63, 3.8) is 0 Å². The van der Waals surface area contributed by atoms with Gasteiger partial charge in [0, 0.05) is 18.1 Å². The van der Waals surface area contributed by atoms with Gasteiger partial charge in [0.25, 0.3) is 5.91 Å². The van der Waals surface area contributed by atoms with Gasteiger partial charge in [0.2, 0.25) is 0 Å². The first-order valence-electron chi connectivity index (χ1n) is 10.5. The smallest absolute Gasteiger partial charge is 0.493 e. The van der Waals surface area contributed by atoms with Crippen LogP contribution in [0, 0.1) is 0 Å². The van der Waals surface area contributed by atoms with Crippen molar-refractivity contribution in [2.24, 2.45) is 0 Å². The van der Waals surface area contributed by atoms with Gasteiger partial charge in [-0.15, -0.1) is 13.2 Å². The Kier molecular flexibility index (Phi) is 5.82. The number of para-hydroxylation sites is 1. The van der Waals surface area contributed by atoms with Crippen LogP contribution >= 0.6 is 11.3 Å². The third kappa shape index (κ3) is 4.53. The Balaban J connectivity index is 1.52. The highest BCUT2D eigenvalue weighted by Crippen LogP contribution is 2.35. The van der Waals surface area contributed by atoms with E-state index in [0.29, 0.717) is 38.7 Å². The van der Waals surface area contributed by atoms with E-state index >= 15 is 0 Å². The largest absolute Gasteiger partial charge is 0.573 e. The molecule has 0 aliphatic carbocycles. The molecule has 1 aliphatic rings. The van der Waals surface area contributed by atoms with Crippen molar-refractivity contribution in [2.45, 2.75) is 25.3 Å². The summed E-state index contributed by atoms with van der Waals surface area (Å²) in [4.78, 5) is 19.5. The number of methoxy groups -OCH3 is 1. The first-order valence-corrected chi connectivity index (χ1v) is 11.3. The van der Waals surface area contributed by atoms with Gasteiger partial charge in [-0.25, -0.2) is 4.98 Å². The molecule has 1 fully saturated rings. The molecule has 1 aliphatic heterocycles. The SMILES string of the molecule is COc1cccc2cc(C(=O)N(CC3CCCO3)c3nc4ccc(OC(F)(F)F)cc4s3)oc12. The van der Waals surface area contributed by atoms with Crippen molar-refractivity contribution in [1.82, 2.24) is 4.98 Å². The molecule has 34 heavy (non-hydrogen) atoms. The predicted molar refractivity (Wildman–Crippen MR) is 120 cm³/mol. The number of thiazole rings is 1. The number of ether oxygens (including phenoxy) is 3. The number of hydrogen-bond acceptors (Lipinski definition) is 7. The zero-order valence-electron chi connectivity index (χ0n) is 17.9. The fourth-order valence-electron chi connectivity index (χ4n) is 3.88. The second kappa shape index (κ2) is 8.80. The second-order valence-corrected chi connectivity index (χ2v) is 8.72. The lowest BCUT2D eigenvalue weighted by Crippen LogP contribution is -2.37. The number of hydrogen-bond donors (Lipinski definition) is 0. The van der Waals surface area contributed by atoms with Gasteiger partial charge in [0.05, 0.1) is 30.0 Å². The Hall–Kier alpha value is -3.31. The lowest BCUT2D eigenvalue weighted by atomic mass is 10.2. The molecule has 1 unspecified atom stereocenters. The summed E-state index contributed by atoms with van der Waals surface area (Å²) in [5.74, 6) is -0.187. The van der Waals surface area contributed by atoms with Crippen LogP contribution in [0.4, 0.5) is 18.3 Å². The number of carbonyl (C=O) groups excluding carboxylic acids is 1. The van der Waals surface area contributed by atoms with Gasteiger partial charge in [-0.1, -0.05) is 23.5 Å². The highest BCUT2D eigenvalue weighted by atomic mass is 32.1. The first-order chi connectivity index (χ1) is 16.3. The number of alkyl halides is 3. The normalized spacial score (nSPS) is 16.3. The number of halogens is 3. The van der Waals surface area contributed by atoms with E-state index in [-0.39, 0.29) is 24.2 Å². The summed E-state index contributed by atoms with van der Waals surface area (Å²) >= 11 is 1.09. The minimum atomic E-state index is -4.80. The van der Waals surface area contributed by atoms with Crippen LogP contribution in [0.25, 0.3) is 21.2 Å². The fourth-order valence-corrected chi connectivity index (χ4v) is 4.88. The Labute approximate surface area is 195 Å². The van der Waals surface area contributed by atoms with Gasteiger partial charge >= 0.3 is 6.36 Å². The van der Waals surface area contributed by atoms with Crippen LogP contribution in [-0.2, 0) is 4.74 Å². The quantitative estimate of drug-likeness (QED) is 0.340. The minimum Gasteiger partial charge on any atom is -0.493 e. The summed E-state index contributed by atoms with van der Waals surface area (Å²) in [6, 6.07) is 10.8. The van der Waals surface area contributed by atoms with Gasteiger partial charge in [-0.3, -0.25) is 9.69 Å². The highest BCUT2D eigenvalue weighted by molar-refractivity contribution is 7.22. The lowest BCUT2D eigenvalue weighted by molar-refractivity contribution is -0.274. The summed E-state index contributed by atoms with van der Waals surface area (Å²) in [6.45, 7) is 0.839. The van der Waals surface area contributed by atoms with Crippen LogP contribution in [0.2, 0.25) is 0 Å². The molecule has 0 radical (unpaired) electrons. The van der Waals surface area contributed by atoms with Gasteiger partial charge in [0.15, 0.2) is 22.2 Å². The van der Waals surface area contributed by atoms with Gasteiger partial charge < -0.3 is 18.6 Å². The number of aromatic nitrogens is 1. The summed E-state index contributed by atoms with van der Waals surface area (Å²) in [6.07, 6.45) is -3.32. The van der Waals surface area contributed by atoms with Crippen LogP contribution in [0.5, 0.6) is 11.5 Å². The van der Waals surface area contributed by atoms with E-state index in [1.54, 1.807) is 18.2 Å². The molecule has 1 amide bonds. The number of nitrogens with zero attached hydrogens (tertiary/aromatic N) is 2. The number of fused-ring (bicyclic) bond motifs is 2. The molecule has 0 spiro atoms. The fraction of sp³-hybridized carbons (Fsp3) is 0.304. The molecule has 5 rings (SSSR count). The third-order valence-corrected chi connectivity index (χ3v) is 6.45. The number of furan rings is 1. The monoisotopic (exact) mass is 492 g/mol. The number of benzene rings is 2. The van der Waals surface area contributed by atoms with Gasteiger partial charge in [-0.05, 0) is 37.1 Å². The zero-order chi connectivity index (χ0) is 23.9. The maximum absolute atomic E-state index is 13.6. The number of anilines is 1. The topological polar surface area (TPSA) is 74.0 Å². The second-order valence-electron chi connectivity index (χ2n) is 7.71. The van der Waals surface area contributed by atoms with Crippen molar-refractivity contribution in [1.29, 1.82) is 0 Å². The van der Waals surface area contributed by atoms with E-state index in [0.717, 1.165) is 24.2 Å². The van der Waals surface area contributed by atoms with E-state index in [1.807, 2.05) is 6.07 Å². The van der Waals surface area contributed by atoms with E-state index in [9.17, 15) is 18.0 Å². The van der Waals surface area contributed by atoms with Gasteiger partial charge in [-0.2, -0.15) is 0 Å². The van der Waals surface area contributed by atoms with Crippen molar-refractivity contribution < 1.29 is 36.6 Å². The van der Waals surface area contributed by atoms with Crippen molar-refractivity contribution >= 4 is 43.6 Å². The lowest BCUT2D eigenvalue weighted by Gasteiger charge is -2.22. The molecule has 11 heteroatoms. The Morgan fingerprint density at radius 2 is 2.12 bits per heavy atom. The summed E-state index contributed by atoms with van der Waals surface area (Å²) in [5.41, 5.74) is 0.898. The predicted octanol–water partition coefficient (Wildman–Crippen LogP) is 5.78. The molecule has 178 valence electrons. The van der Waals surface area contributed by atoms with Crippen molar-refractivity contribution in [2.75, 3.05) is 25.2 Å². The molecule has 0 N–H and O–H groups in total. The molecule has 1 saturated heterocycles. The molecule has 7 nitrogen and oxygen atoms in total. The maximum atomic E-state index is 13.6. The standard InChI is InChI=1S/C23H19F3N2O5S/c1-30-17-6-2-4-13-10-18(32-20(13)17)21(29)28(12-15-5-3-9-31-15)22-27-16-8-7-14(11-19(16)34-22)33-23(24,25)26/h2,4,6-8,10-11,15H,3,5,9,12H2,1H3. The summed E-state index contributed by atoms with van der Waals surface area (Å²) in [7, 11) is 1.51. The average Bonchev–Trinajstić information content (AvgIpc) is 3.54. The average molecular weight is 492 g/mol. The number of carbonyl (C=O) groups is 1. The van der Waals surface area contributed by atoms with Crippen LogP contribution in [0.15, 0.2) is 46.9 Å². The highest BCUT2D eigenvalue weighted by Gasteiger charge is 2.32. The molecule has 4 aromatic rings. The van der Waals surface area contributed by atoms with Crippen molar-refractivity contribution in [3.8, 4) is 11.5 Å². The van der Waals surface area contributed by atoms with Crippen LogP contribution in [0.1, 0.15) is 23.4 Å². The van der Waals surface area contributed by atoms with E-state index in [1.165, 1.54) is 30.2 Å². The molecule has 2 aromatic heterocycles. The van der Waals surface area contributed by atoms with E-state index in [2.05, 4.69) is 9.72 Å². The van der Waals surface area contributed by atoms with Crippen LogP contribution < -0.4 is 14.4 Å². The molecule has 0 saturated carbocycles. The number of amides is 1. The molecule has 1 atom stereocenters. The number of rotatable bonds is 6. The summed E-state index contributed by atoms with van der Waals surface area (Å²) in [5, 5.41) is 1.03. The molecule has 0 bridgehead atoms. The van der Waals surface area contributed by atoms with Crippen LogP contribution in [-0.4, -0.2) is 43.6 Å². The Morgan fingerprint density at radius 3 is 2.85 bits per heavy atom. The minimum absolute atomic E-state index is 0.0952. The van der Waals surface area contributed by atoms with Crippen LogP contribution in [0.3, 0.4) is 0 Å². The zero-order valence-corrected chi connectivity index (χ0v) is 18.7. The molecule has 2 aromatic carbocycles. The molecular formula is C23H19F3N2O5S. The maximum Gasteiger partial charge on any atom is 0.573 e. The van der Waals surface area contributed by atoms with E-state index < -0.39 is 12.3 Å². The summed E-state index contributed by atoms with van der Waals surface area (Å²) < 4.78 is 59.2. The Bertz CT molecular complexity index is 1340. The molecular weight excluding hydrogens is 473 g/mol. The Morgan fingerprint density at radius 1 is 1.26 bits per heavy atom. The first kappa shape index (κ1) is 22.5. The van der Waals surface area contributed by atoms with E-state index in [4.69, 9.17) is 13.9 Å². The molecule has 3 heterocycles.